The van der Waals surface area contributed by atoms with E-state index in [9.17, 15) is 4.79 Å². The first-order valence-electron chi connectivity index (χ1n) is 3.10. The van der Waals surface area contributed by atoms with Crippen LogP contribution < -0.4 is 10.5 Å². The molecule has 4 heteroatoms. The topological polar surface area (TPSA) is 52.3 Å². The Hall–Kier alpha value is -0.406. The van der Waals surface area contributed by atoms with Crippen molar-refractivity contribution in [1.29, 1.82) is 0 Å². The number of hydrogen-bond acceptors (Lipinski definition) is 2. The fourth-order valence-corrected chi connectivity index (χ4v) is 0.711. The Labute approximate surface area is 96.2 Å². The van der Waals surface area contributed by atoms with Crippen molar-refractivity contribution in [2.75, 3.05) is 7.11 Å². The van der Waals surface area contributed by atoms with E-state index < -0.39 is 5.91 Å². The van der Waals surface area contributed by atoms with Crippen molar-refractivity contribution < 1.29 is 42.2 Å². The molecule has 0 saturated heterocycles. The maximum Gasteiger partial charge on any atom is 0.162 e. The second kappa shape index (κ2) is 5.28. The predicted molar refractivity (Wildman–Crippen MR) is 40.3 cm³/mol. The minimum Gasteiger partial charge on any atom is -0.516 e. The summed E-state index contributed by atoms with van der Waals surface area (Å²) in [5, 5.41) is 0. The van der Waals surface area contributed by atoms with Crippen LogP contribution in [-0.4, -0.2) is 13.0 Å². The van der Waals surface area contributed by atoms with Crippen molar-refractivity contribution >= 4 is 5.91 Å². The minimum absolute atomic E-state index is 0. The van der Waals surface area contributed by atoms with Crippen molar-refractivity contribution in [1.82, 2.24) is 0 Å². The zero-order valence-corrected chi connectivity index (χ0v) is 9.54. The molecule has 1 aromatic rings. The Morgan fingerprint density at radius 3 is 2.75 bits per heavy atom. The molecule has 12 heavy (non-hydrogen) atoms. The van der Waals surface area contributed by atoms with Gasteiger partial charge in [0.15, 0.2) is 5.91 Å². The third-order valence-electron chi connectivity index (χ3n) is 1.25. The van der Waals surface area contributed by atoms with E-state index in [0.29, 0.717) is 11.3 Å². The summed E-state index contributed by atoms with van der Waals surface area (Å²) in [5.41, 5.74) is 5.35. The van der Waals surface area contributed by atoms with E-state index in [1.165, 1.54) is 7.11 Å². The molecule has 0 aliphatic heterocycles. The van der Waals surface area contributed by atoms with Gasteiger partial charge < -0.3 is 15.3 Å². The van der Waals surface area contributed by atoms with E-state index in [4.69, 9.17) is 10.5 Å². The molecule has 0 heterocycles. The molecule has 0 unspecified atom stereocenters. The molecule has 1 radical (unpaired) electrons. The quantitative estimate of drug-likeness (QED) is 0.768. The van der Waals surface area contributed by atoms with E-state index in [0.717, 1.165) is 0 Å². The Balaban J connectivity index is 0.00000121. The van der Waals surface area contributed by atoms with Crippen molar-refractivity contribution in [3.63, 3.8) is 0 Å². The van der Waals surface area contributed by atoms with Crippen molar-refractivity contribution in [3.05, 3.63) is 29.8 Å². The second-order valence-corrected chi connectivity index (χ2v) is 2.00. The van der Waals surface area contributed by atoms with Gasteiger partial charge in [0.1, 0.15) is 0 Å². The third-order valence-corrected chi connectivity index (χ3v) is 1.25. The number of amides is 1. The average molecular weight is 239 g/mol. The number of rotatable bonds is 2. The maximum atomic E-state index is 10.6. The number of benzene rings is 1. The van der Waals surface area contributed by atoms with Crippen LogP contribution in [0.4, 0.5) is 0 Å². The minimum atomic E-state index is -0.496. The number of carbonyl (C=O) groups excluding carboxylic acids is 1. The Morgan fingerprint density at radius 2 is 2.25 bits per heavy atom. The molecule has 0 aromatic heterocycles. The fourth-order valence-electron chi connectivity index (χ4n) is 0.711. The number of nitrogens with two attached hydrogens (primary N) is 1. The van der Waals surface area contributed by atoms with E-state index in [-0.39, 0.29) is 32.7 Å². The van der Waals surface area contributed by atoms with Crippen LogP contribution in [0.1, 0.15) is 10.4 Å². The van der Waals surface area contributed by atoms with Gasteiger partial charge >= 0.3 is 0 Å². The zero-order valence-electron chi connectivity index (χ0n) is 6.70. The fraction of sp³-hybridized carbons (Fsp3) is 0.125. The molecule has 0 bridgehead atoms. The standard InChI is InChI=1S/C8H8NO2.Y/c1-11-7-4-2-3-6(5-7)8(9)10;/h2-4H,1H3,(H2,9,10);/q-1;. The molecule has 61 valence electrons. The first-order chi connectivity index (χ1) is 5.24. The average Bonchev–Trinajstić information content (AvgIpc) is 2.05. The van der Waals surface area contributed by atoms with Gasteiger partial charge in [-0.15, -0.1) is 18.2 Å². The van der Waals surface area contributed by atoms with Crippen molar-refractivity contribution in [3.8, 4) is 5.75 Å². The molecule has 0 aliphatic rings. The molecule has 1 amide bonds. The molecule has 0 spiro atoms. The third kappa shape index (κ3) is 2.91. The second-order valence-electron chi connectivity index (χ2n) is 2.00. The summed E-state index contributed by atoms with van der Waals surface area (Å²) in [7, 11) is 1.51. The number of hydrogen-bond donors (Lipinski definition) is 1. The van der Waals surface area contributed by atoms with Crippen molar-refractivity contribution in [2.45, 2.75) is 0 Å². The number of carbonyl (C=O) groups is 1. The van der Waals surface area contributed by atoms with Gasteiger partial charge in [-0.2, -0.15) is 0 Å². The van der Waals surface area contributed by atoms with Crippen LogP contribution >= 0.6 is 0 Å². The van der Waals surface area contributed by atoms with Crippen LogP contribution in [0.25, 0.3) is 0 Å². The molecule has 0 saturated carbocycles. The molecule has 0 aliphatic carbocycles. The number of methoxy groups -OCH3 is 1. The summed E-state index contributed by atoms with van der Waals surface area (Å²) >= 11 is 0. The van der Waals surface area contributed by atoms with Gasteiger partial charge in [-0.05, 0) is 0 Å². The monoisotopic (exact) mass is 239 g/mol. The molecular formula is C8H8NO2Y-. The van der Waals surface area contributed by atoms with E-state index in [1.807, 2.05) is 0 Å². The molecule has 3 nitrogen and oxygen atoms in total. The Morgan fingerprint density at radius 1 is 1.58 bits per heavy atom. The summed E-state index contributed by atoms with van der Waals surface area (Å²) in [6.07, 6.45) is 0. The molecule has 0 fully saturated rings. The SMILES string of the molecule is COc1[c-]c(C(N)=O)ccc1.[Y]. The largest absolute Gasteiger partial charge is 0.516 e. The van der Waals surface area contributed by atoms with Crippen LogP contribution in [0.5, 0.6) is 5.75 Å². The van der Waals surface area contributed by atoms with Gasteiger partial charge in [-0.1, -0.05) is 11.6 Å². The molecule has 0 atom stereocenters. The summed E-state index contributed by atoms with van der Waals surface area (Å²) < 4.78 is 4.84. The first kappa shape index (κ1) is 11.6. The number of ether oxygens (including phenoxy) is 1. The first-order valence-corrected chi connectivity index (χ1v) is 3.10. The molecule has 1 aromatic carbocycles. The van der Waals surface area contributed by atoms with Gasteiger partial charge in [0.25, 0.3) is 0 Å². The Kier molecular flexibility index (Phi) is 5.10. The van der Waals surface area contributed by atoms with Gasteiger partial charge in [0.2, 0.25) is 0 Å². The normalized spacial score (nSPS) is 8.42. The number of primary amides is 1. The van der Waals surface area contributed by atoms with Crippen molar-refractivity contribution in [2.24, 2.45) is 5.73 Å². The van der Waals surface area contributed by atoms with Crippen LogP contribution in [0.2, 0.25) is 0 Å². The van der Waals surface area contributed by atoms with Gasteiger partial charge in [-0.3, -0.25) is 0 Å². The van der Waals surface area contributed by atoms with Gasteiger partial charge in [-0.25, -0.2) is 0 Å². The van der Waals surface area contributed by atoms with Crippen LogP contribution in [0.15, 0.2) is 18.2 Å². The molecular weight excluding hydrogens is 231 g/mol. The summed E-state index contributed by atoms with van der Waals surface area (Å²) in [4.78, 5) is 10.6. The Bertz CT molecular complexity index is 276. The smallest absolute Gasteiger partial charge is 0.162 e. The van der Waals surface area contributed by atoms with E-state index in [2.05, 4.69) is 6.07 Å². The van der Waals surface area contributed by atoms with Gasteiger partial charge in [0, 0.05) is 38.5 Å². The summed E-state index contributed by atoms with van der Waals surface area (Å²) in [5.74, 6) is 0.0187. The van der Waals surface area contributed by atoms with Crippen LogP contribution in [0.3, 0.4) is 0 Å². The summed E-state index contributed by atoms with van der Waals surface area (Å²) in [6, 6.07) is 7.68. The van der Waals surface area contributed by atoms with E-state index in [1.54, 1.807) is 18.2 Å². The zero-order chi connectivity index (χ0) is 8.27. The van der Waals surface area contributed by atoms with Crippen LogP contribution in [-0.2, 0) is 32.7 Å². The van der Waals surface area contributed by atoms with Crippen LogP contribution in [0, 0.1) is 6.07 Å². The van der Waals surface area contributed by atoms with E-state index >= 15 is 0 Å². The predicted octanol–water partition coefficient (Wildman–Crippen LogP) is 0.592. The summed E-state index contributed by atoms with van der Waals surface area (Å²) in [6.45, 7) is 0. The molecule has 1 rings (SSSR count). The van der Waals surface area contributed by atoms with Gasteiger partial charge in [0.05, 0.1) is 7.11 Å². The molecule has 2 N–H and O–H groups in total. The maximum absolute atomic E-state index is 10.6.